The standard InChI is InChI=1S/C60H98O6/c1-4-7-10-13-15-17-19-21-23-24-25-26-27-28-29-30-31-32-33-34-35-36-37-39-40-42-44-47-50-53-59(62)65-56-57(55-64-58(61)52-49-46-12-9-6-3)66-60(63)54-51-48-45-43-41-38-22-20-18-16-14-11-8-5-2/h7,10,14-17,20-23,25-26,28-29,31-32,34-35,57H,4-6,8-9,11-13,18-19,24,27,30,33,36-56H2,1-3H3/b10-7-,16-14-,17-15-,22-20-,23-21-,26-25-,29-28-,32-31-,35-34-. The highest BCUT2D eigenvalue weighted by Gasteiger charge is 2.19. The predicted molar refractivity (Wildman–Crippen MR) is 283 cm³/mol. The predicted octanol–water partition coefficient (Wildman–Crippen LogP) is 17.9. The number of unbranched alkanes of at least 4 members (excludes halogenated alkanes) is 18. The largest absolute Gasteiger partial charge is 0.462 e. The number of allylic oxidation sites excluding steroid dienone is 18. The molecular weight excluding hydrogens is 817 g/mol. The average Bonchev–Trinajstić information content (AvgIpc) is 3.31. The van der Waals surface area contributed by atoms with Crippen molar-refractivity contribution in [2.75, 3.05) is 13.2 Å². The van der Waals surface area contributed by atoms with Gasteiger partial charge in [-0.1, -0.05) is 220 Å². The quantitative estimate of drug-likeness (QED) is 0.0262. The summed E-state index contributed by atoms with van der Waals surface area (Å²) >= 11 is 0. The Morgan fingerprint density at radius 2 is 0.606 bits per heavy atom. The fraction of sp³-hybridized carbons (Fsp3) is 0.650. The van der Waals surface area contributed by atoms with E-state index in [4.69, 9.17) is 14.2 Å². The minimum Gasteiger partial charge on any atom is -0.462 e. The van der Waals surface area contributed by atoms with Crippen LogP contribution >= 0.6 is 0 Å². The first kappa shape index (κ1) is 62.1. The normalized spacial score (nSPS) is 13.0. The molecule has 0 aliphatic rings. The Hall–Kier alpha value is -3.93. The summed E-state index contributed by atoms with van der Waals surface area (Å²) in [5, 5.41) is 0. The minimum absolute atomic E-state index is 0.0892. The third-order valence-electron chi connectivity index (χ3n) is 11.0. The van der Waals surface area contributed by atoms with Crippen molar-refractivity contribution in [3.63, 3.8) is 0 Å². The van der Waals surface area contributed by atoms with Gasteiger partial charge < -0.3 is 14.2 Å². The van der Waals surface area contributed by atoms with Crippen LogP contribution in [0.5, 0.6) is 0 Å². The molecule has 0 radical (unpaired) electrons. The van der Waals surface area contributed by atoms with Gasteiger partial charge in [-0.25, -0.2) is 0 Å². The van der Waals surface area contributed by atoms with E-state index < -0.39 is 6.10 Å². The lowest BCUT2D eigenvalue weighted by molar-refractivity contribution is -0.167. The summed E-state index contributed by atoms with van der Waals surface area (Å²) in [5.74, 6) is -0.934. The van der Waals surface area contributed by atoms with Gasteiger partial charge in [0.25, 0.3) is 0 Å². The summed E-state index contributed by atoms with van der Waals surface area (Å²) in [4.78, 5) is 37.7. The lowest BCUT2D eigenvalue weighted by Crippen LogP contribution is -2.30. The maximum Gasteiger partial charge on any atom is 0.306 e. The van der Waals surface area contributed by atoms with Gasteiger partial charge in [-0.2, -0.15) is 0 Å². The zero-order valence-corrected chi connectivity index (χ0v) is 42.7. The fourth-order valence-corrected chi connectivity index (χ4v) is 6.97. The number of carbonyl (C=O) groups excluding carboxylic acids is 3. The molecule has 0 N–H and O–H groups in total. The maximum atomic E-state index is 12.7. The summed E-state index contributed by atoms with van der Waals surface area (Å²) in [6.45, 7) is 6.36. The number of esters is 3. The van der Waals surface area contributed by atoms with Crippen LogP contribution in [-0.2, 0) is 28.6 Å². The van der Waals surface area contributed by atoms with E-state index >= 15 is 0 Å². The van der Waals surface area contributed by atoms with E-state index in [1.807, 2.05) is 0 Å². The second-order valence-electron chi connectivity index (χ2n) is 17.4. The number of hydrogen-bond acceptors (Lipinski definition) is 6. The average molecular weight is 915 g/mol. The number of hydrogen-bond donors (Lipinski definition) is 0. The van der Waals surface area contributed by atoms with Crippen LogP contribution in [0.1, 0.15) is 233 Å². The van der Waals surface area contributed by atoms with Crippen molar-refractivity contribution >= 4 is 17.9 Å². The van der Waals surface area contributed by atoms with Gasteiger partial charge in [0, 0.05) is 19.3 Å². The molecule has 66 heavy (non-hydrogen) atoms. The van der Waals surface area contributed by atoms with E-state index in [1.165, 1.54) is 51.4 Å². The summed E-state index contributed by atoms with van der Waals surface area (Å²) in [6.07, 6.45) is 72.6. The number of rotatable bonds is 47. The van der Waals surface area contributed by atoms with Gasteiger partial charge in [0.05, 0.1) is 0 Å². The van der Waals surface area contributed by atoms with Crippen molar-refractivity contribution in [2.24, 2.45) is 0 Å². The Kier molecular flexibility index (Phi) is 50.5. The Morgan fingerprint density at radius 3 is 0.970 bits per heavy atom. The molecule has 0 aromatic rings. The molecule has 0 amide bonds. The fourth-order valence-electron chi connectivity index (χ4n) is 6.97. The van der Waals surface area contributed by atoms with Crippen LogP contribution in [0.25, 0.3) is 0 Å². The van der Waals surface area contributed by atoms with Crippen LogP contribution in [0, 0.1) is 0 Å². The molecule has 0 heterocycles. The third-order valence-corrected chi connectivity index (χ3v) is 11.0. The Morgan fingerprint density at radius 1 is 0.318 bits per heavy atom. The molecule has 374 valence electrons. The monoisotopic (exact) mass is 915 g/mol. The molecule has 0 saturated carbocycles. The van der Waals surface area contributed by atoms with Gasteiger partial charge in [0.2, 0.25) is 0 Å². The molecule has 0 aliphatic carbocycles. The highest BCUT2D eigenvalue weighted by molar-refractivity contribution is 5.71. The smallest absolute Gasteiger partial charge is 0.306 e. The van der Waals surface area contributed by atoms with Crippen molar-refractivity contribution in [3.8, 4) is 0 Å². The first-order valence-corrected chi connectivity index (χ1v) is 26.9. The van der Waals surface area contributed by atoms with E-state index in [0.717, 1.165) is 141 Å². The van der Waals surface area contributed by atoms with E-state index in [0.29, 0.717) is 19.3 Å². The van der Waals surface area contributed by atoms with Gasteiger partial charge in [-0.15, -0.1) is 0 Å². The van der Waals surface area contributed by atoms with E-state index in [-0.39, 0.29) is 31.1 Å². The number of ether oxygens (including phenoxy) is 3. The highest BCUT2D eigenvalue weighted by atomic mass is 16.6. The molecule has 0 rings (SSSR count). The summed E-state index contributed by atoms with van der Waals surface area (Å²) < 4.78 is 16.6. The molecule has 0 aliphatic heterocycles. The molecule has 6 heteroatoms. The Balaban J connectivity index is 4.14. The van der Waals surface area contributed by atoms with Gasteiger partial charge in [-0.05, 0) is 103 Å². The lowest BCUT2D eigenvalue weighted by atomic mass is 10.1. The lowest BCUT2D eigenvalue weighted by Gasteiger charge is -2.18. The summed E-state index contributed by atoms with van der Waals surface area (Å²) in [5.41, 5.74) is 0. The van der Waals surface area contributed by atoms with Crippen molar-refractivity contribution in [3.05, 3.63) is 109 Å². The van der Waals surface area contributed by atoms with Gasteiger partial charge in [-0.3, -0.25) is 14.4 Å². The topological polar surface area (TPSA) is 78.9 Å². The van der Waals surface area contributed by atoms with Gasteiger partial charge in [0.15, 0.2) is 6.10 Å². The van der Waals surface area contributed by atoms with Gasteiger partial charge >= 0.3 is 17.9 Å². The maximum absolute atomic E-state index is 12.7. The van der Waals surface area contributed by atoms with E-state index in [2.05, 4.69) is 130 Å². The van der Waals surface area contributed by atoms with Crippen molar-refractivity contribution in [1.29, 1.82) is 0 Å². The molecule has 1 atom stereocenters. The number of carbonyl (C=O) groups is 3. The second-order valence-corrected chi connectivity index (χ2v) is 17.4. The highest BCUT2D eigenvalue weighted by Crippen LogP contribution is 2.13. The molecule has 0 spiro atoms. The Bertz CT molecular complexity index is 1370. The first-order valence-electron chi connectivity index (χ1n) is 26.9. The van der Waals surface area contributed by atoms with E-state index in [1.54, 1.807) is 0 Å². The molecule has 0 saturated heterocycles. The van der Waals surface area contributed by atoms with Crippen LogP contribution < -0.4 is 0 Å². The molecule has 0 fully saturated rings. The van der Waals surface area contributed by atoms with E-state index in [9.17, 15) is 14.4 Å². The second kappa shape index (κ2) is 53.7. The SMILES string of the molecule is CC/C=C\C/C=C\C/C=C\C/C=C\C/C=C\C/C=C\C/C=C\CCCCCCCCCC(=O)OCC(COC(=O)CCCCCCC)OC(=O)CCCCCCC/C=C\C/C=C\CCCC. The zero-order valence-electron chi connectivity index (χ0n) is 42.7. The first-order chi connectivity index (χ1) is 32.5. The molecular formula is C60H98O6. The van der Waals surface area contributed by atoms with Crippen molar-refractivity contribution in [2.45, 2.75) is 239 Å². The van der Waals surface area contributed by atoms with Crippen LogP contribution in [0.15, 0.2) is 109 Å². The molecule has 0 bridgehead atoms. The Labute approximate surface area is 406 Å². The summed E-state index contributed by atoms with van der Waals surface area (Å²) in [7, 11) is 0. The molecule has 1 unspecified atom stereocenters. The van der Waals surface area contributed by atoms with Crippen molar-refractivity contribution < 1.29 is 28.6 Å². The minimum atomic E-state index is -0.787. The van der Waals surface area contributed by atoms with Crippen LogP contribution in [0.3, 0.4) is 0 Å². The van der Waals surface area contributed by atoms with Crippen LogP contribution in [0.2, 0.25) is 0 Å². The van der Waals surface area contributed by atoms with Gasteiger partial charge in [0.1, 0.15) is 13.2 Å². The molecule has 0 aromatic heterocycles. The van der Waals surface area contributed by atoms with Crippen LogP contribution in [0.4, 0.5) is 0 Å². The third kappa shape index (κ3) is 51.1. The van der Waals surface area contributed by atoms with Crippen LogP contribution in [-0.4, -0.2) is 37.2 Å². The zero-order chi connectivity index (χ0) is 47.9. The van der Waals surface area contributed by atoms with Crippen molar-refractivity contribution in [1.82, 2.24) is 0 Å². The molecule has 6 nitrogen and oxygen atoms in total. The summed E-state index contributed by atoms with van der Waals surface area (Å²) in [6, 6.07) is 0. The molecule has 0 aromatic carbocycles.